The first kappa shape index (κ1) is 15.2. The van der Waals surface area contributed by atoms with Crippen molar-refractivity contribution in [2.75, 3.05) is 19.8 Å². The fraction of sp³-hybridized carbons (Fsp3) is 0.333. The molecule has 0 atom stereocenters. The molecular formula is C15H14FNO4. The number of hydrogen-bond acceptors (Lipinski definition) is 4. The molecule has 0 spiro atoms. The third-order valence-corrected chi connectivity index (χ3v) is 2.91. The Bertz CT molecular complexity index is 602. The third-order valence-electron chi connectivity index (χ3n) is 2.91. The Kier molecular flexibility index (Phi) is 5.04. The molecule has 21 heavy (non-hydrogen) atoms. The van der Waals surface area contributed by atoms with Crippen molar-refractivity contribution in [3.8, 4) is 11.8 Å². The van der Waals surface area contributed by atoms with Crippen LogP contribution >= 0.6 is 0 Å². The van der Waals surface area contributed by atoms with E-state index in [-0.39, 0.29) is 32.8 Å². The Morgan fingerprint density at radius 1 is 1.29 bits per heavy atom. The van der Waals surface area contributed by atoms with Crippen LogP contribution in [0.15, 0.2) is 18.2 Å². The number of morpholine rings is 1. The van der Waals surface area contributed by atoms with Gasteiger partial charge < -0.3 is 9.84 Å². The second-order valence-electron chi connectivity index (χ2n) is 4.44. The molecule has 1 fully saturated rings. The molecule has 1 saturated heterocycles. The van der Waals surface area contributed by atoms with Gasteiger partial charge in [0.25, 0.3) is 11.8 Å². The summed E-state index contributed by atoms with van der Waals surface area (Å²) in [5.74, 6) is 4.14. The van der Waals surface area contributed by atoms with E-state index >= 15 is 0 Å². The number of hydrogen-bond donors (Lipinski definition) is 1. The fourth-order valence-corrected chi connectivity index (χ4v) is 1.88. The van der Waals surface area contributed by atoms with Crippen LogP contribution in [-0.4, -0.2) is 41.6 Å². The van der Waals surface area contributed by atoms with E-state index in [2.05, 4.69) is 11.8 Å². The average molecular weight is 291 g/mol. The second kappa shape index (κ2) is 6.97. The molecule has 1 aromatic carbocycles. The first-order chi connectivity index (χ1) is 10.1. The number of aliphatic hydroxyl groups is 1. The highest BCUT2D eigenvalue weighted by Crippen LogP contribution is 2.15. The highest BCUT2D eigenvalue weighted by atomic mass is 19.1. The van der Waals surface area contributed by atoms with E-state index < -0.39 is 17.6 Å². The van der Waals surface area contributed by atoms with Gasteiger partial charge in [-0.1, -0.05) is 17.9 Å². The Balaban J connectivity index is 2.25. The van der Waals surface area contributed by atoms with E-state index in [1.807, 2.05) is 0 Å². The number of ether oxygens (including phenoxy) is 1. The number of imide groups is 1. The SMILES string of the molecule is O=C1COCC(=O)N1Cc1ccc(F)cc1C#CCCO. The molecule has 2 rings (SSSR count). The number of nitrogens with zero attached hydrogens (tertiary/aromatic N) is 1. The summed E-state index contributed by atoms with van der Waals surface area (Å²) >= 11 is 0. The highest BCUT2D eigenvalue weighted by molar-refractivity contribution is 5.98. The molecule has 1 aromatic rings. The monoisotopic (exact) mass is 291 g/mol. The van der Waals surface area contributed by atoms with Gasteiger partial charge in [-0.3, -0.25) is 14.5 Å². The predicted octanol–water partition coefficient (Wildman–Crippen LogP) is 0.445. The van der Waals surface area contributed by atoms with Crippen LogP contribution in [0.4, 0.5) is 4.39 Å². The number of benzene rings is 1. The first-order valence-corrected chi connectivity index (χ1v) is 6.41. The van der Waals surface area contributed by atoms with Crippen LogP contribution in [0.1, 0.15) is 17.5 Å². The van der Waals surface area contributed by atoms with E-state index in [1.54, 1.807) is 0 Å². The van der Waals surface area contributed by atoms with E-state index in [4.69, 9.17) is 9.84 Å². The number of carbonyl (C=O) groups is 2. The van der Waals surface area contributed by atoms with Crippen LogP contribution < -0.4 is 0 Å². The molecule has 6 heteroatoms. The summed E-state index contributed by atoms with van der Waals surface area (Å²) in [5, 5.41) is 8.71. The van der Waals surface area contributed by atoms with Crippen LogP contribution in [0.5, 0.6) is 0 Å². The van der Waals surface area contributed by atoms with E-state index in [1.165, 1.54) is 18.2 Å². The number of rotatable bonds is 3. The molecule has 1 aliphatic heterocycles. The molecule has 1 N–H and O–H groups in total. The molecule has 0 saturated carbocycles. The van der Waals surface area contributed by atoms with Crippen molar-refractivity contribution < 1.29 is 23.8 Å². The molecule has 0 bridgehead atoms. The van der Waals surface area contributed by atoms with Crippen LogP contribution in [0.25, 0.3) is 0 Å². The van der Waals surface area contributed by atoms with Gasteiger partial charge in [-0.05, 0) is 17.7 Å². The summed E-state index contributed by atoms with van der Waals surface area (Å²) in [7, 11) is 0. The van der Waals surface area contributed by atoms with Gasteiger partial charge in [0, 0.05) is 12.0 Å². The summed E-state index contributed by atoms with van der Waals surface area (Å²) in [6.07, 6.45) is 0.269. The van der Waals surface area contributed by atoms with Crippen molar-refractivity contribution in [2.24, 2.45) is 0 Å². The van der Waals surface area contributed by atoms with Gasteiger partial charge in [0.05, 0.1) is 13.2 Å². The van der Waals surface area contributed by atoms with Gasteiger partial charge >= 0.3 is 0 Å². The maximum absolute atomic E-state index is 13.3. The minimum absolute atomic E-state index is 0.0322. The lowest BCUT2D eigenvalue weighted by Crippen LogP contribution is -2.45. The molecular weight excluding hydrogens is 277 g/mol. The largest absolute Gasteiger partial charge is 0.395 e. The van der Waals surface area contributed by atoms with E-state index in [0.29, 0.717) is 11.1 Å². The van der Waals surface area contributed by atoms with Crippen LogP contribution in [0.2, 0.25) is 0 Å². The minimum atomic E-state index is -0.452. The minimum Gasteiger partial charge on any atom is -0.395 e. The number of aliphatic hydroxyl groups excluding tert-OH is 1. The molecule has 1 aliphatic rings. The van der Waals surface area contributed by atoms with Crippen LogP contribution in [-0.2, 0) is 20.9 Å². The molecule has 2 amide bonds. The van der Waals surface area contributed by atoms with Crippen molar-refractivity contribution in [3.63, 3.8) is 0 Å². The molecule has 0 aliphatic carbocycles. The number of amides is 2. The molecule has 0 radical (unpaired) electrons. The van der Waals surface area contributed by atoms with E-state index in [9.17, 15) is 14.0 Å². The Morgan fingerprint density at radius 3 is 2.67 bits per heavy atom. The van der Waals surface area contributed by atoms with Crippen LogP contribution in [0, 0.1) is 17.7 Å². The summed E-state index contributed by atoms with van der Waals surface area (Å²) in [6, 6.07) is 3.99. The Morgan fingerprint density at radius 2 is 2.00 bits per heavy atom. The topological polar surface area (TPSA) is 66.8 Å². The standard InChI is InChI=1S/C15H14FNO4/c16-13-5-4-12(11(7-13)3-1-2-6-18)8-17-14(19)9-21-10-15(17)20/h4-5,7,18H,2,6,8-10H2. The molecule has 1 heterocycles. The van der Waals surface area contributed by atoms with Crippen molar-refractivity contribution in [3.05, 3.63) is 35.1 Å². The molecule has 0 aromatic heterocycles. The van der Waals surface area contributed by atoms with Gasteiger partial charge in [-0.25, -0.2) is 4.39 Å². The van der Waals surface area contributed by atoms with Crippen LogP contribution in [0.3, 0.4) is 0 Å². The number of carbonyl (C=O) groups excluding carboxylic acids is 2. The van der Waals surface area contributed by atoms with Gasteiger partial charge in [0.1, 0.15) is 19.0 Å². The second-order valence-corrected chi connectivity index (χ2v) is 4.44. The average Bonchev–Trinajstić information content (AvgIpc) is 2.45. The molecule has 5 nitrogen and oxygen atoms in total. The summed E-state index contributed by atoms with van der Waals surface area (Å²) in [6.45, 7) is -0.334. The highest BCUT2D eigenvalue weighted by Gasteiger charge is 2.27. The smallest absolute Gasteiger partial charge is 0.255 e. The van der Waals surface area contributed by atoms with E-state index in [0.717, 1.165) is 4.90 Å². The quantitative estimate of drug-likeness (QED) is 0.648. The Labute approximate surface area is 121 Å². The molecule has 0 unspecified atom stereocenters. The lowest BCUT2D eigenvalue weighted by Gasteiger charge is -2.25. The zero-order chi connectivity index (χ0) is 15.2. The van der Waals surface area contributed by atoms with Gasteiger partial charge in [-0.15, -0.1) is 0 Å². The van der Waals surface area contributed by atoms with Crippen molar-refractivity contribution in [2.45, 2.75) is 13.0 Å². The van der Waals surface area contributed by atoms with Gasteiger partial charge in [0.2, 0.25) is 0 Å². The Hall–Kier alpha value is -2.23. The van der Waals surface area contributed by atoms with Gasteiger partial charge in [0.15, 0.2) is 0 Å². The zero-order valence-corrected chi connectivity index (χ0v) is 11.3. The predicted molar refractivity (Wildman–Crippen MR) is 71.4 cm³/mol. The van der Waals surface area contributed by atoms with Crippen molar-refractivity contribution in [1.82, 2.24) is 4.90 Å². The normalized spacial score (nSPS) is 14.9. The fourth-order valence-electron chi connectivity index (χ4n) is 1.88. The summed E-state index contributed by atoms with van der Waals surface area (Å²) < 4.78 is 18.1. The first-order valence-electron chi connectivity index (χ1n) is 6.41. The van der Waals surface area contributed by atoms with Crippen molar-refractivity contribution in [1.29, 1.82) is 0 Å². The van der Waals surface area contributed by atoms with Crippen molar-refractivity contribution >= 4 is 11.8 Å². The molecule has 110 valence electrons. The summed E-state index contributed by atoms with van der Waals surface area (Å²) in [5.41, 5.74) is 0.973. The zero-order valence-electron chi connectivity index (χ0n) is 11.3. The lowest BCUT2D eigenvalue weighted by molar-refractivity contribution is -0.159. The lowest BCUT2D eigenvalue weighted by atomic mass is 10.1. The maximum atomic E-state index is 13.3. The van der Waals surface area contributed by atoms with Gasteiger partial charge in [-0.2, -0.15) is 0 Å². The maximum Gasteiger partial charge on any atom is 0.255 e. The summed E-state index contributed by atoms with van der Waals surface area (Å²) in [4.78, 5) is 24.4. The third kappa shape index (κ3) is 3.88. The number of halogens is 1.